The van der Waals surface area contributed by atoms with E-state index in [4.69, 9.17) is 0 Å². The minimum atomic E-state index is -0.163. The first-order chi connectivity index (χ1) is 6.68. The van der Waals surface area contributed by atoms with Crippen LogP contribution in [0.5, 0.6) is 0 Å². The molecule has 2 aliphatic rings. The highest BCUT2D eigenvalue weighted by atomic mass is 16.1. The molecular formula is C11H12N2O. The van der Waals surface area contributed by atoms with Crippen molar-refractivity contribution in [2.24, 2.45) is 10.9 Å². The van der Waals surface area contributed by atoms with Crippen molar-refractivity contribution >= 4 is 11.7 Å². The predicted molar refractivity (Wildman–Crippen MR) is 56.0 cm³/mol. The SMILES string of the molecule is CN(C)C1=NC(=O)C2C=CC=CC2=C1. The normalized spacial score (nSPS) is 24.1. The van der Waals surface area contributed by atoms with Gasteiger partial charge in [-0.25, -0.2) is 0 Å². The van der Waals surface area contributed by atoms with E-state index in [0.717, 1.165) is 11.4 Å². The van der Waals surface area contributed by atoms with Crippen molar-refractivity contribution in [1.29, 1.82) is 0 Å². The van der Waals surface area contributed by atoms with E-state index in [0.29, 0.717) is 0 Å². The highest BCUT2D eigenvalue weighted by molar-refractivity contribution is 6.06. The molecule has 1 heterocycles. The molecule has 3 heteroatoms. The van der Waals surface area contributed by atoms with E-state index in [1.54, 1.807) is 0 Å². The Labute approximate surface area is 83.1 Å². The zero-order valence-electron chi connectivity index (χ0n) is 8.27. The van der Waals surface area contributed by atoms with Gasteiger partial charge in [-0.2, -0.15) is 4.99 Å². The van der Waals surface area contributed by atoms with E-state index in [1.165, 1.54) is 0 Å². The minimum Gasteiger partial charge on any atom is -0.363 e. The lowest BCUT2D eigenvalue weighted by molar-refractivity contribution is -0.119. The quantitative estimate of drug-likeness (QED) is 0.571. The van der Waals surface area contributed by atoms with E-state index < -0.39 is 0 Å². The van der Waals surface area contributed by atoms with Gasteiger partial charge in [0.1, 0.15) is 5.84 Å². The van der Waals surface area contributed by atoms with E-state index in [9.17, 15) is 4.79 Å². The first-order valence-corrected chi connectivity index (χ1v) is 4.55. The zero-order chi connectivity index (χ0) is 10.1. The molecule has 0 aromatic carbocycles. The second-order valence-corrected chi connectivity index (χ2v) is 3.57. The number of aliphatic imine (C=N–C) groups is 1. The topological polar surface area (TPSA) is 32.7 Å². The third kappa shape index (κ3) is 1.41. The summed E-state index contributed by atoms with van der Waals surface area (Å²) >= 11 is 0. The van der Waals surface area contributed by atoms with Crippen LogP contribution < -0.4 is 0 Å². The van der Waals surface area contributed by atoms with Crippen LogP contribution in [0.15, 0.2) is 40.9 Å². The molecule has 0 aromatic rings. The van der Waals surface area contributed by atoms with E-state index >= 15 is 0 Å². The van der Waals surface area contributed by atoms with E-state index in [1.807, 2.05) is 49.4 Å². The van der Waals surface area contributed by atoms with Gasteiger partial charge in [0.2, 0.25) is 0 Å². The molecule has 1 amide bonds. The second-order valence-electron chi connectivity index (χ2n) is 3.57. The average molecular weight is 188 g/mol. The molecule has 1 aliphatic heterocycles. The Morgan fingerprint density at radius 3 is 2.86 bits per heavy atom. The lowest BCUT2D eigenvalue weighted by Crippen LogP contribution is -2.28. The molecule has 14 heavy (non-hydrogen) atoms. The summed E-state index contributed by atoms with van der Waals surface area (Å²) in [7, 11) is 3.76. The predicted octanol–water partition coefficient (Wildman–Crippen LogP) is 1.16. The Balaban J connectivity index is 2.38. The average Bonchev–Trinajstić information content (AvgIpc) is 2.17. The monoisotopic (exact) mass is 188 g/mol. The van der Waals surface area contributed by atoms with E-state index in [2.05, 4.69) is 4.99 Å². The first kappa shape index (κ1) is 8.94. The molecule has 0 radical (unpaired) electrons. The van der Waals surface area contributed by atoms with Crippen molar-refractivity contribution in [3.63, 3.8) is 0 Å². The lowest BCUT2D eigenvalue weighted by Gasteiger charge is -2.22. The zero-order valence-corrected chi connectivity index (χ0v) is 8.27. The highest BCUT2D eigenvalue weighted by Crippen LogP contribution is 2.23. The molecule has 1 unspecified atom stereocenters. The van der Waals surface area contributed by atoms with Crippen LogP contribution in [0, 0.1) is 5.92 Å². The molecular weight excluding hydrogens is 176 g/mol. The molecule has 0 aromatic heterocycles. The van der Waals surface area contributed by atoms with Crippen molar-refractivity contribution in [2.45, 2.75) is 0 Å². The third-order valence-corrected chi connectivity index (χ3v) is 2.31. The number of fused-ring (bicyclic) bond motifs is 1. The fourth-order valence-electron chi connectivity index (χ4n) is 1.51. The third-order valence-electron chi connectivity index (χ3n) is 2.31. The number of nitrogens with zero attached hydrogens (tertiary/aromatic N) is 2. The van der Waals surface area contributed by atoms with Crippen LogP contribution in [0.4, 0.5) is 0 Å². The van der Waals surface area contributed by atoms with Crippen LogP contribution in [-0.2, 0) is 4.79 Å². The van der Waals surface area contributed by atoms with Gasteiger partial charge in [-0.1, -0.05) is 24.3 Å². The maximum atomic E-state index is 11.6. The summed E-state index contributed by atoms with van der Waals surface area (Å²) in [5.74, 6) is 0.483. The summed E-state index contributed by atoms with van der Waals surface area (Å²) in [5.41, 5.74) is 1.02. The highest BCUT2D eigenvalue weighted by Gasteiger charge is 2.24. The van der Waals surface area contributed by atoms with Gasteiger partial charge >= 0.3 is 0 Å². The first-order valence-electron chi connectivity index (χ1n) is 4.55. The van der Waals surface area contributed by atoms with Gasteiger partial charge in [0.05, 0.1) is 5.92 Å². The van der Waals surface area contributed by atoms with Gasteiger partial charge in [0.15, 0.2) is 0 Å². The summed E-state index contributed by atoms with van der Waals surface area (Å²) in [6, 6.07) is 0. The van der Waals surface area contributed by atoms with Gasteiger partial charge in [-0.05, 0) is 11.6 Å². The lowest BCUT2D eigenvalue weighted by atomic mass is 9.91. The molecule has 0 N–H and O–H groups in total. The standard InChI is InChI=1S/C11H12N2O/c1-13(2)10-7-8-5-3-4-6-9(8)11(14)12-10/h3-7,9H,1-2H3. The number of hydrogen-bond acceptors (Lipinski definition) is 2. The van der Waals surface area contributed by atoms with Gasteiger partial charge in [-0.15, -0.1) is 0 Å². The van der Waals surface area contributed by atoms with Crippen LogP contribution >= 0.6 is 0 Å². The van der Waals surface area contributed by atoms with Crippen molar-refractivity contribution in [2.75, 3.05) is 14.1 Å². The van der Waals surface area contributed by atoms with E-state index in [-0.39, 0.29) is 11.8 Å². The number of rotatable bonds is 0. The fraction of sp³-hybridized carbons (Fsp3) is 0.273. The molecule has 2 rings (SSSR count). The number of amides is 1. The molecule has 72 valence electrons. The summed E-state index contributed by atoms with van der Waals surface area (Å²) in [4.78, 5) is 17.5. The molecule has 0 bridgehead atoms. The van der Waals surface area contributed by atoms with Gasteiger partial charge in [0.25, 0.3) is 5.91 Å². The summed E-state index contributed by atoms with van der Waals surface area (Å²) in [5, 5.41) is 0. The maximum absolute atomic E-state index is 11.6. The number of dihydropyridines is 1. The number of likely N-dealkylation sites (N-methyl/N-ethyl adjacent to an activating group) is 1. The summed E-state index contributed by atoms with van der Waals surface area (Å²) in [6.07, 6.45) is 9.61. The van der Waals surface area contributed by atoms with Crippen LogP contribution in [-0.4, -0.2) is 30.7 Å². The second kappa shape index (κ2) is 3.25. The Kier molecular flexibility index (Phi) is 2.08. The van der Waals surface area contributed by atoms with Crippen molar-refractivity contribution < 1.29 is 4.79 Å². The number of carbonyl (C=O) groups is 1. The molecule has 0 saturated carbocycles. The van der Waals surface area contributed by atoms with Crippen LogP contribution in [0.2, 0.25) is 0 Å². The molecule has 1 atom stereocenters. The Morgan fingerprint density at radius 1 is 1.36 bits per heavy atom. The number of allylic oxidation sites excluding steroid dienone is 3. The van der Waals surface area contributed by atoms with Gasteiger partial charge < -0.3 is 4.90 Å². The van der Waals surface area contributed by atoms with Gasteiger partial charge in [0, 0.05) is 14.1 Å². The van der Waals surface area contributed by atoms with Crippen molar-refractivity contribution in [1.82, 2.24) is 4.90 Å². The molecule has 0 spiro atoms. The molecule has 1 aliphatic carbocycles. The maximum Gasteiger partial charge on any atom is 0.259 e. The number of carbonyl (C=O) groups excluding carboxylic acids is 1. The molecule has 3 nitrogen and oxygen atoms in total. The number of amidine groups is 1. The summed E-state index contributed by atoms with van der Waals surface area (Å²) < 4.78 is 0. The minimum absolute atomic E-state index is 0.0770. The largest absolute Gasteiger partial charge is 0.363 e. The molecule has 0 fully saturated rings. The van der Waals surface area contributed by atoms with Crippen LogP contribution in [0.1, 0.15) is 0 Å². The smallest absolute Gasteiger partial charge is 0.259 e. The Morgan fingerprint density at radius 2 is 2.14 bits per heavy atom. The van der Waals surface area contributed by atoms with Gasteiger partial charge in [-0.3, -0.25) is 4.79 Å². The van der Waals surface area contributed by atoms with Crippen molar-refractivity contribution in [3.05, 3.63) is 36.0 Å². The fourth-order valence-corrected chi connectivity index (χ4v) is 1.51. The van der Waals surface area contributed by atoms with Crippen molar-refractivity contribution in [3.8, 4) is 0 Å². The Bertz CT molecular complexity index is 386. The van der Waals surface area contributed by atoms with Crippen LogP contribution in [0.25, 0.3) is 0 Å². The summed E-state index contributed by atoms with van der Waals surface area (Å²) in [6.45, 7) is 0. The Hall–Kier alpha value is -1.64. The molecule has 0 saturated heterocycles. The number of hydrogen-bond donors (Lipinski definition) is 0. The van der Waals surface area contributed by atoms with Crippen LogP contribution in [0.3, 0.4) is 0 Å².